The highest BCUT2D eigenvalue weighted by Crippen LogP contribution is 2.15. The standard InChI is InChI=1S/C9H11F/c1-7-3-5-9(6-4-7)8(2)10/h3-6,8H,1-2H3/t8-/m1/s1. The second-order valence-corrected chi connectivity index (χ2v) is 2.53. The highest BCUT2D eigenvalue weighted by atomic mass is 19.1. The highest BCUT2D eigenvalue weighted by Gasteiger charge is 1.99. The number of alkyl halides is 1. The minimum Gasteiger partial charge on any atom is -0.243 e. The van der Waals surface area contributed by atoms with Crippen LogP contribution in [0.25, 0.3) is 0 Å². The number of aryl methyl sites for hydroxylation is 1. The quantitative estimate of drug-likeness (QED) is 0.559. The first kappa shape index (κ1) is 7.26. The molecule has 1 aromatic carbocycles. The fraction of sp³-hybridized carbons (Fsp3) is 0.333. The molecule has 0 nitrogen and oxygen atoms in total. The summed E-state index contributed by atoms with van der Waals surface area (Å²) in [5, 5.41) is 0. The molecule has 54 valence electrons. The molecule has 0 spiro atoms. The molecule has 1 aromatic rings. The van der Waals surface area contributed by atoms with E-state index in [0.29, 0.717) is 0 Å². The van der Waals surface area contributed by atoms with Crippen LogP contribution in [0.2, 0.25) is 0 Å². The Bertz CT molecular complexity index is 198. The first-order valence-corrected chi connectivity index (χ1v) is 3.41. The van der Waals surface area contributed by atoms with Gasteiger partial charge >= 0.3 is 0 Å². The largest absolute Gasteiger partial charge is 0.243 e. The Morgan fingerprint density at radius 3 is 2.10 bits per heavy atom. The molecule has 0 aliphatic carbocycles. The van der Waals surface area contributed by atoms with Gasteiger partial charge in [0.2, 0.25) is 0 Å². The molecule has 0 saturated heterocycles. The van der Waals surface area contributed by atoms with Crippen LogP contribution in [-0.2, 0) is 0 Å². The van der Waals surface area contributed by atoms with E-state index in [0.717, 1.165) is 5.56 Å². The number of rotatable bonds is 1. The van der Waals surface area contributed by atoms with Crippen molar-refractivity contribution in [2.75, 3.05) is 0 Å². The van der Waals surface area contributed by atoms with Crippen LogP contribution in [0.1, 0.15) is 24.2 Å². The van der Waals surface area contributed by atoms with E-state index in [1.807, 2.05) is 31.2 Å². The van der Waals surface area contributed by atoms with Crippen LogP contribution < -0.4 is 0 Å². The molecular weight excluding hydrogens is 127 g/mol. The molecule has 0 aliphatic heterocycles. The number of halogens is 1. The zero-order valence-electron chi connectivity index (χ0n) is 6.26. The lowest BCUT2D eigenvalue weighted by Gasteiger charge is -2.00. The van der Waals surface area contributed by atoms with Gasteiger partial charge in [0.15, 0.2) is 0 Å². The van der Waals surface area contributed by atoms with Gasteiger partial charge in [-0.15, -0.1) is 0 Å². The molecule has 1 heteroatoms. The number of hydrogen-bond acceptors (Lipinski definition) is 0. The summed E-state index contributed by atoms with van der Waals surface area (Å²) in [7, 11) is 0. The normalized spacial score (nSPS) is 13.1. The van der Waals surface area contributed by atoms with Crippen molar-refractivity contribution in [2.24, 2.45) is 0 Å². The van der Waals surface area contributed by atoms with E-state index >= 15 is 0 Å². The third-order valence-electron chi connectivity index (χ3n) is 1.54. The van der Waals surface area contributed by atoms with Crippen LogP contribution in [0.15, 0.2) is 24.3 Å². The van der Waals surface area contributed by atoms with Gasteiger partial charge in [0, 0.05) is 0 Å². The van der Waals surface area contributed by atoms with Crippen molar-refractivity contribution in [3.05, 3.63) is 35.4 Å². The molecule has 0 heterocycles. The zero-order valence-corrected chi connectivity index (χ0v) is 6.26. The molecule has 0 radical (unpaired) electrons. The Labute approximate surface area is 60.7 Å². The van der Waals surface area contributed by atoms with Crippen LogP contribution in [0.3, 0.4) is 0 Å². The van der Waals surface area contributed by atoms with Crippen LogP contribution >= 0.6 is 0 Å². The molecule has 0 N–H and O–H groups in total. The van der Waals surface area contributed by atoms with Gasteiger partial charge in [-0.2, -0.15) is 0 Å². The van der Waals surface area contributed by atoms with Gasteiger partial charge in [0.25, 0.3) is 0 Å². The van der Waals surface area contributed by atoms with Crippen LogP contribution in [0.5, 0.6) is 0 Å². The lowest BCUT2D eigenvalue weighted by Crippen LogP contribution is -1.83. The summed E-state index contributed by atoms with van der Waals surface area (Å²) in [6, 6.07) is 7.48. The Kier molecular flexibility index (Phi) is 2.05. The van der Waals surface area contributed by atoms with E-state index in [-0.39, 0.29) is 0 Å². The molecule has 1 atom stereocenters. The van der Waals surface area contributed by atoms with Gasteiger partial charge in [-0.05, 0) is 19.4 Å². The lowest BCUT2D eigenvalue weighted by molar-refractivity contribution is 0.374. The summed E-state index contributed by atoms with van der Waals surface area (Å²) in [5.41, 5.74) is 1.93. The van der Waals surface area contributed by atoms with Gasteiger partial charge in [0.05, 0.1) is 0 Å². The summed E-state index contributed by atoms with van der Waals surface area (Å²) in [6.07, 6.45) is -0.847. The Morgan fingerprint density at radius 1 is 1.20 bits per heavy atom. The topological polar surface area (TPSA) is 0 Å². The Hall–Kier alpha value is -0.850. The van der Waals surface area contributed by atoms with E-state index in [1.165, 1.54) is 5.56 Å². The van der Waals surface area contributed by atoms with Crippen molar-refractivity contribution < 1.29 is 4.39 Å². The fourth-order valence-corrected chi connectivity index (χ4v) is 0.832. The molecule has 0 fully saturated rings. The average molecular weight is 138 g/mol. The maximum absolute atomic E-state index is 12.6. The average Bonchev–Trinajstić information content (AvgIpc) is 1.88. The SMILES string of the molecule is Cc1ccc([C@@H](C)F)cc1. The van der Waals surface area contributed by atoms with Crippen molar-refractivity contribution in [3.63, 3.8) is 0 Å². The van der Waals surface area contributed by atoms with Gasteiger partial charge in [-0.3, -0.25) is 0 Å². The molecule has 0 bridgehead atoms. The minimum absolute atomic E-state index is 0.755. The molecule has 0 aromatic heterocycles. The van der Waals surface area contributed by atoms with E-state index in [1.54, 1.807) is 6.92 Å². The lowest BCUT2D eigenvalue weighted by atomic mass is 10.1. The number of hydrogen-bond donors (Lipinski definition) is 0. The maximum atomic E-state index is 12.6. The summed E-state index contributed by atoms with van der Waals surface area (Å²) in [6.45, 7) is 3.54. The van der Waals surface area contributed by atoms with E-state index in [4.69, 9.17) is 0 Å². The third kappa shape index (κ3) is 1.56. The predicted octanol–water partition coefficient (Wildman–Crippen LogP) is 3.03. The second-order valence-electron chi connectivity index (χ2n) is 2.53. The zero-order chi connectivity index (χ0) is 7.56. The highest BCUT2D eigenvalue weighted by molar-refractivity contribution is 5.22. The first-order valence-electron chi connectivity index (χ1n) is 3.41. The van der Waals surface area contributed by atoms with Gasteiger partial charge in [-0.25, -0.2) is 4.39 Å². The Balaban J connectivity index is 2.89. The number of benzene rings is 1. The fourth-order valence-electron chi connectivity index (χ4n) is 0.832. The predicted molar refractivity (Wildman–Crippen MR) is 40.7 cm³/mol. The van der Waals surface area contributed by atoms with Crippen molar-refractivity contribution in [3.8, 4) is 0 Å². The molecule has 0 saturated carbocycles. The molecule has 0 aliphatic rings. The minimum atomic E-state index is -0.847. The van der Waals surface area contributed by atoms with Crippen molar-refractivity contribution in [1.29, 1.82) is 0 Å². The molecule has 0 unspecified atom stereocenters. The van der Waals surface area contributed by atoms with Gasteiger partial charge in [-0.1, -0.05) is 29.8 Å². The summed E-state index contributed by atoms with van der Waals surface area (Å²) in [5.74, 6) is 0. The Morgan fingerprint density at radius 2 is 1.70 bits per heavy atom. The molecular formula is C9H11F. The van der Waals surface area contributed by atoms with E-state index < -0.39 is 6.17 Å². The van der Waals surface area contributed by atoms with Crippen LogP contribution in [0.4, 0.5) is 4.39 Å². The summed E-state index contributed by atoms with van der Waals surface area (Å²) < 4.78 is 12.6. The third-order valence-corrected chi connectivity index (χ3v) is 1.54. The molecule has 0 amide bonds. The van der Waals surface area contributed by atoms with Crippen LogP contribution in [0, 0.1) is 6.92 Å². The molecule has 10 heavy (non-hydrogen) atoms. The monoisotopic (exact) mass is 138 g/mol. The summed E-state index contributed by atoms with van der Waals surface area (Å²) >= 11 is 0. The van der Waals surface area contributed by atoms with Gasteiger partial charge < -0.3 is 0 Å². The van der Waals surface area contributed by atoms with E-state index in [9.17, 15) is 4.39 Å². The summed E-state index contributed by atoms with van der Waals surface area (Å²) in [4.78, 5) is 0. The second kappa shape index (κ2) is 2.82. The van der Waals surface area contributed by atoms with Crippen LogP contribution in [-0.4, -0.2) is 0 Å². The molecule has 1 rings (SSSR count). The van der Waals surface area contributed by atoms with Gasteiger partial charge in [0.1, 0.15) is 6.17 Å². The van der Waals surface area contributed by atoms with E-state index in [2.05, 4.69) is 0 Å². The van der Waals surface area contributed by atoms with Crippen molar-refractivity contribution >= 4 is 0 Å². The smallest absolute Gasteiger partial charge is 0.122 e. The maximum Gasteiger partial charge on any atom is 0.122 e. The first-order chi connectivity index (χ1) is 4.70. The van der Waals surface area contributed by atoms with Crippen molar-refractivity contribution in [1.82, 2.24) is 0 Å². The van der Waals surface area contributed by atoms with Crippen molar-refractivity contribution in [2.45, 2.75) is 20.0 Å².